The minimum atomic E-state index is -0.648. The number of aryl methyl sites for hydroxylation is 1. The molecule has 2 aromatic rings. The number of nitrogens with zero attached hydrogens (tertiary/aromatic N) is 2. The van der Waals surface area contributed by atoms with E-state index in [1.165, 1.54) is 0 Å². The number of anilines is 1. The third kappa shape index (κ3) is 4.47. The van der Waals surface area contributed by atoms with E-state index in [-0.39, 0.29) is 0 Å². The fourth-order valence-electron chi connectivity index (χ4n) is 3.07. The van der Waals surface area contributed by atoms with Crippen molar-refractivity contribution in [2.24, 2.45) is 0 Å². The molecule has 0 bridgehead atoms. The molecule has 2 rings (SSSR count). The lowest BCUT2D eigenvalue weighted by Crippen LogP contribution is -2.19. The van der Waals surface area contributed by atoms with E-state index >= 15 is 0 Å². The predicted octanol–water partition coefficient (Wildman–Crippen LogP) is 4.13. The van der Waals surface area contributed by atoms with Crippen LogP contribution in [0.25, 0.3) is 11.3 Å². The van der Waals surface area contributed by atoms with Crippen LogP contribution in [0.2, 0.25) is 0 Å². The van der Waals surface area contributed by atoms with Crippen molar-refractivity contribution in [3.8, 4) is 28.6 Å². The molecule has 7 heteroatoms. The van der Waals surface area contributed by atoms with E-state index in [1.54, 1.807) is 40.4 Å². The highest BCUT2D eigenvalue weighted by Gasteiger charge is 2.22. The molecule has 1 atom stereocenters. The second kappa shape index (κ2) is 9.59. The van der Waals surface area contributed by atoms with Gasteiger partial charge in [0.2, 0.25) is 0 Å². The number of aliphatic hydroxyl groups excluding tert-OH is 1. The number of hydrogen-bond acceptors (Lipinski definition) is 7. The number of rotatable bonds is 9. The molecule has 0 spiro atoms. The number of ether oxygens (including phenoxy) is 3. The average molecular weight is 389 g/mol. The minimum absolute atomic E-state index is 0.294. The van der Waals surface area contributed by atoms with Gasteiger partial charge >= 0.3 is 0 Å². The maximum atomic E-state index is 9.96. The molecule has 28 heavy (non-hydrogen) atoms. The van der Waals surface area contributed by atoms with Gasteiger partial charge in [-0.25, -0.2) is 9.97 Å². The molecule has 0 saturated carbocycles. The third-order valence-electron chi connectivity index (χ3n) is 4.81. The van der Waals surface area contributed by atoms with Gasteiger partial charge in [-0.3, -0.25) is 0 Å². The van der Waals surface area contributed by atoms with Crippen molar-refractivity contribution in [1.29, 1.82) is 0 Å². The highest BCUT2D eigenvalue weighted by atomic mass is 16.5. The fourth-order valence-corrected chi connectivity index (χ4v) is 3.07. The topological polar surface area (TPSA) is 85.7 Å². The molecule has 0 amide bonds. The second-order valence-electron chi connectivity index (χ2n) is 6.65. The summed E-state index contributed by atoms with van der Waals surface area (Å²) < 4.78 is 16.7. The van der Waals surface area contributed by atoms with Gasteiger partial charge in [0.15, 0.2) is 5.82 Å². The van der Waals surface area contributed by atoms with Crippen LogP contribution in [0, 0.1) is 6.92 Å². The van der Waals surface area contributed by atoms with Crippen LogP contribution in [0.5, 0.6) is 17.4 Å². The van der Waals surface area contributed by atoms with Crippen molar-refractivity contribution >= 4 is 5.82 Å². The number of hydrogen-bond donors (Lipinski definition) is 2. The van der Waals surface area contributed by atoms with Gasteiger partial charge in [0.05, 0.1) is 38.7 Å². The van der Waals surface area contributed by atoms with E-state index in [2.05, 4.69) is 19.2 Å². The van der Waals surface area contributed by atoms with Crippen molar-refractivity contribution in [1.82, 2.24) is 9.97 Å². The lowest BCUT2D eigenvalue weighted by atomic mass is 10.0. The Balaban J connectivity index is 2.65. The molecule has 2 N–H and O–H groups in total. The van der Waals surface area contributed by atoms with Crippen molar-refractivity contribution in [3.63, 3.8) is 0 Å². The van der Waals surface area contributed by atoms with Crippen molar-refractivity contribution < 1.29 is 19.3 Å². The van der Waals surface area contributed by atoms with Gasteiger partial charge in [0.25, 0.3) is 5.88 Å². The van der Waals surface area contributed by atoms with E-state index in [0.717, 1.165) is 18.5 Å². The Labute approximate surface area is 167 Å². The van der Waals surface area contributed by atoms with Crippen molar-refractivity contribution in [3.05, 3.63) is 23.4 Å². The minimum Gasteiger partial charge on any atom is -0.496 e. The first-order valence-corrected chi connectivity index (χ1v) is 9.53. The van der Waals surface area contributed by atoms with E-state index in [9.17, 15) is 5.11 Å². The molecule has 7 nitrogen and oxygen atoms in total. The lowest BCUT2D eigenvalue weighted by Gasteiger charge is -2.20. The number of methoxy groups -OCH3 is 3. The van der Waals surface area contributed by atoms with E-state index < -0.39 is 6.10 Å². The van der Waals surface area contributed by atoms with Gasteiger partial charge in [0.1, 0.15) is 17.2 Å². The summed E-state index contributed by atoms with van der Waals surface area (Å²) >= 11 is 0. The third-order valence-corrected chi connectivity index (χ3v) is 4.81. The molecule has 0 aliphatic rings. The average Bonchev–Trinajstić information content (AvgIpc) is 2.71. The second-order valence-corrected chi connectivity index (χ2v) is 6.65. The van der Waals surface area contributed by atoms with E-state index in [0.29, 0.717) is 46.1 Å². The molecule has 0 aliphatic carbocycles. The normalized spacial score (nSPS) is 12.0. The van der Waals surface area contributed by atoms with E-state index in [1.807, 2.05) is 6.92 Å². The predicted molar refractivity (Wildman–Crippen MR) is 110 cm³/mol. The smallest absolute Gasteiger partial charge is 0.257 e. The van der Waals surface area contributed by atoms with Gasteiger partial charge in [-0.15, -0.1) is 0 Å². The van der Waals surface area contributed by atoms with Gasteiger partial charge in [0, 0.05) is 6.04 Å². The molecule has 0 saturated heterocycles. The molecule has 1 unspecified atom stereocenters. The Bertz CT molecular complexity index is 779. The molecule has 1 aromatic carbocycles. The van der Waals surface area contributed by atoms with Crippen LogP contribution in [0.15, 0.2) is 12.1 Å². The molecular formula is C21H31N3O4. The Hall–Kier alpha value is -2.54. The van der Waals surface area contributed by atoms with Crippen molar-refractivity contribution in [2.75, 3.05) is 26.6 Å². The summed E-state index contributed by atoms with van der Waals surface area (Å²) in [5.74, 6) is 2.14. The van der Waals surface area contributed by atoms with Crippen LogP contribution in [0.1, 0.15) is 51.0 Å². The molecule has 154 valence electrons. The molecule has 0 aliphatic heterocycles. The van der Waals surface area contributed by atoms with E-state index in [4.69, 9.17) is 24.2 Å². The fraction of sp³-hybridized carbons (Fsp3) is 0.524. The molecule has 0 radical (unpaired) electrons. The zero-order valence-electron chi connectivity index (χ0n) is 17.8. The quantitative estimate of drug-likeness (QED) is 0.667. The number of benzene rings is 1. The standard InChI is InChI=1S/C21H31N3O4/c1-8-15(9-2)23-20-21(28-7)24-19(12(3)22-20)18-16(26-5)10-14(13(4)25)11-17(18)27-6/h10-11,13,15,25H,8-9H2,1-7H3,(H,22,23). The van der Waals surface area contributed by atoms with Crippen molar-refractivity contribution in [2.45, 2.75) is 52.7 Å². The summed E-state index contributed by atoms with van der Waals surface area (Å²) in [6.07, 6.45) is 1.31. The molecule has 1 heterocycles. The van der Waals surface area contributed by atoms with Crippen LogP contribution in [-0.4, -0.2) is 42.4 Å². The Morgan fingerprint density at radius 3 is 2.00 bits per heavy atom. The number of aliphatic hydroxyl groups is 1. The lowest BCUT2D eigenvalue weighted by molar-refractivity contribution is 0.198. The first-order chi connectivity index (χ1) is 13.4. The number of nitrogens with one attached hydrogen (secondary N) is 1. The first kappa shape index (κ1) is 21.8. The van der Waals surface area contributed by atoms with Crippen LogP contribution in [0.4, 0.5) is 5.82 Å². The van der Waals surface area contributed by atoms with Gasteiger partial charge < -0.3 is 24.6 Å². The zero-order valence-corrected chi connectivity index (χ0v) is 17.8. The highest BCUT2D eigenvalue weighted by Crippen LogP contribution is 2.42. The Kier molecular flexibility index (Phi) is 7.45. The molecule has 1 aromatic heterocycles. The summed E-state index contributed by atoms with van der Waals surface area (Å²) in [7, 11) is 4.73. The summed E-state index contributed by atoms with van der Waals surface area (Å²) in [5.41, 5.74) is 2.70. The summed E-state index contributed by atoms with van der Waals surface area (Å²) in [4.78, 5) is 9.41. The maximum Gasteiger partial charge on any atom is 0.257 e. The monoisotopic (exact) mass is 389 g/mol. The molecule has 0 fully saturated rings. The van der Waals surface area contributed by atoms with Crippen LogP contribution in [-0.2, 0) is 0 Å². The largest absolute Gasteiger partial charge is 0.496 e. The Morgan fingerprint density at radius 1 is 1.00 bits per heavy atom. The maximum absolute atomic E-state index is 9.96. The van der Waals surface area contributed by atoms with Gasteiger partial charge in [-0.1, -0.05) is 13.8 Å². The summed E-state index contributed by atoms with van der Waals surface area (Å²) in [6, 6.07) is 3.86. The van der Waals surface area contributed by atoms with Crippen LogP contribution in [0.3, 0.4) is 0 Å². The Morgan fingerprint density at radius 2 is 1.57 bits per heavy atom. The van der Waals surface area contributed by atoms with Gasteiger partial charge in [-0.2, -0.15) is 0 Å². The summed E-state index contributed by atoms with van der Waals surface area (Å²) in [5, 5.41) is 13.4. The first-order valence-electron chi connectivity index (χ1n) is 9.53. The van der Waals surface area contributed by atoms with Gasteiger partial charge in [-0.05, 0) is 44.4 Å². The number of aromatic nitrogens is 2. The highest BCUT2D eigenvalue weighted by molar-refractivity contribution is 5.77. The zero-order chi connectivity index (χ0) is 20.8. The summed E-state index contributed by atoms with van der Waals surface area (Å²) in [6.45, 7) is 7.84. The van der Waals surface area contributed by atoms with Crippen LogP contribution < -0.4 is 19.5 Å². The SMILES string of the molecule is CCC(CC)Nc1nc(C)c(-c2c(OC)cc(C(C)O)cc2OC)nc1OC. The van der Waals surface area contributed by atoms with Crippen LogP contribution >= 0.6 is 0 Å². The molecular weight excluding hydrogens is 358 g/mol.